The Morgan fingerprint density at radius 3 is 2.32 bits per heavy atom. The van der Waals surface area contributed by atoms with Gasteiger partial charge in [0, 0.05) is 25.2 Å². The van der Waals surface area contributed by atoms with E-state index < -0.39 is 28.1 Å². The van der Waals surface area contributed by atoms with Gasteiger partial charge in [-0.25, -0.2) is 8.42 Å². The Morgan fingerprint density at radius 1 is 1.05 bits per heavy atom. The maximum atomic E-state index is 13.8. The molecule has 2 heterocycles. The first-order valence-corrected chi connectivity index (χ1v) is 14.3. The highest BCUT2D eigenvalue weighted by molar-refractivity contribution is 14.1. The van der Waals surface area contributed by atoms with Gasteiger partial charge in [0.1, 0.15) is 12.1 Å². The lowest BCUT2D eigenvalue weighted by molar-refractivity contribution is -0.152. The van der Waals surface area contributed by atoms with Crippen molar-refractivity contribution in [3.63, 3.8) is 0 Å². The predicted molar refractivity (Wildman–Crippen MR) is 153 cm³/mol. The molecule has 0 saturated carbocycles. The van der Waals surface area contributed by atoms with Gasteiger partial charge in [-0.1, -0.05) is 23.2 Å². The van der Waals surface area contributed by atoms with Crippen molar-refractivity contribution in [3.8, 4) is 5.82 Å². The fraction of sp³-hybridized carbons (Fsp3) is 0.240. The summed E-state index contributed by atoms with van der Waals surface area (Å²) >= 11 is 14.4. The minimum Gasteiger partial charge on any atom is -0.459 e. The molecule has 4 rings (SSSR count). The van der Waals surface area contributed by atoms with Crippen LogP contribution < -0.4 is 4.31 Å². The minimum absolute atomic E-state index is 0.143. The van der Waals surface area contributed by atoms with Crippen molar-refractivity contribution in [2.45, 2.75) is 38.2 Å². The van der Waals surface area contributed by atoms with Gasteiger partial charge < -0.3 is 4.74 Å². The Hall–Kier alpha value is -2.41. The number of esters is 1. The number of fused-ring (bicyclic) bond motifs is 1. The van der Waals surface area contributed by atoms with E-state index in [2.05, 4.69) is 32.8 Å². The van der Waals surface area contributed by atoms with E-state index in [1.54, 1.807) is 39.0 Å². The first-order chi connectivity index (χ1) is 17.2. The molecule has 2 aromatic heterocycles. The van der Waals surface area contributed by atoms with E-state index in [9.17, 15) is 13.2 Å². The number of halogens is 3. The van der Waals surface area contributed by atoms with E-state index in [0.29, 0.717) is 5.82 Å². The highest BCUT2D eigenvalue weighted by atomic mass is 127. The minimum atomic E-state index is -4.25. The second-order valence-electron chi connectivity index (χ2n) is 9.28. The molecule has 0 atom stereocenters. The number of benzene rings is 2. The largest absolute Gasteiger partial charge is 0.459 e. The summed E-state index contributed by atoms with van der Waals surface area (Å²) in [5.41, 5.74) is 1.07. The number of aryl methyl sites for hydroxylation is 1. The molecule has 37 heavy (non-hydrogen) atoms. The van der Waals surface area contributed by atoms with Gasteiger partial charge in [-0.05, 0) is 98.8 Å². The molecule has 194 valence electrons. The van der Waals surface area contributed by atoms with E-state index in [1.165, 1.54) is 18.2 Å². The van der Waals surface area contributed by atoms with Crippen molar-refractivity contribution < 1.29 is 17.9 Å². The van der Waals surface area contributed by atoms with Gasteiger partial charge in [-0.2, -0.15) is 5.10 Å². The molecular weight excluding hydrogens is 650 g/mol. The van der Waals surface area contributed by atoms with Crippen LogP contribution in [0.4, 0.5) is 5.69 Å². The summed E-state index contributed by atoms with van der Waals surface area (Å²) in [6.07, 6.45) is 1.89. The van der Waals surface area contributed by atoms with Gasteiger partial charge in [-0.15, -0.1) is 5.10 Å². The zero-order chi connectivity index (χ0) is 27.1. The maximum absolute atomic E-state index is 13.8. The molecule has 0 saturated heterocycles. The molecule has 0 fully saturated rings. The van der Waals surface area contributed by atoms with Crippen LogP contribution in [0, 0.1) is 10.5 Å². The Labute approximate surface area is 238 Å². The quantitative estimate of drug-likeness (QED) is 0.180. The molecule has 0 N–H and O–H groups in total. The number of hydrogen-bond acceptors (Lipinski definition) is 6. The van der Waals surface area contributed by atoms with Crippen molar-refractivity contribution in [2.75, 3.05) is 10.8 Å². The summed E-state index contributed by atoms with van der Waals surface area (Å²) in [5, 5.41) is 9.47. The number of ether oxygens (including phenoxy) is 1. The van der Waals surface area contributed by atoms with E-state index in [1.807, 2.05) is 29.8 Å². The first-order valence-electron chi connectivity index (χ1n) is 11.1. The van der Waals surface area contributed by atoms with Crippen LogP contribution in [-0.4, -0.2) is 41.3 Å². The van der Waals surface area contributed by atoms with Crippen LogP contribution in [0.5, 0.6) is 0 Å². The predicted octanol–water partition coefficient (Wildman–Crippen LogP) is 6.18. The average Bonchev–Trinajstić information content (AvgIpc) is 3.12. The lowest BCUT2D eigenvalue weighted by Gasteiger charge is -2.26. The van der Waals surface area contributed by atoms with Gasteiger partial charge >= 0.3 is 5.97 Å². The SMILES string of the molecule is Cc1ccc(-n2cc(I)c3cc(N(CC(=O)OC(C)(C)C)S(=O)(=O)c4cc(Cl)cc(Cl)c4)ccc32)nn1. The van der Waals surface area contributed by atoms with Crippen LogP contribution in [0.15, 0.2) is 59.6 Å². The summed E-state index contributed by atoms with van der Waals surface area (Å²) in [6, 6.07) is 12.9. The van der Waals surface area contributed by atoms with Crippen LogP contribution in [0.1, 0.15) is 26.5 Å². The number of sulfonamides is 1. The normalized spacial score (nSPS) is 12.1. The molecule has 2 aromatic carbocycles. The number of rotatable bonds is 6. The standard InChI is InChI=1S/C25H23Cl2IN4O4S/c1-15-5-8-23(30-29-15)31-13-21(28)20-12-18(6-7-22(20)31)32(14-24(33)36-25(2,3)4)37(34,35)19-10-16(26)9-17(27)11-19/h5-13H,14H2,1-4H3. The lowest BCUT2D eigenvalue weighted by atomic mass is 10.2. The number of hydrogen-bond donors (Lipinski definition) is 0. The van der Waals surface area contributed by atoms with Gasteiger partial charge in [0.15, 0.2) is 5.82 Å². The molecule has 0 unspecified atom stereocenters. The second-order valence-corrected chi connectivity index (χ2v) is 13.2. The Bertz CT molecular complexity index is 1580. The Kier molecular flexibility index (Phi) is 7.76. The highest BCUT2D eigenvalue weighted by Crippen LogP contribution is 2.33. The van der Waals surface area contributed by atoms with Gasteiger partial charge in [0.2, 0.25) is 0 Å². The molecule has 0 amide bonds. The third-order valence-electron chi connectivity index (χ3n) is 5.17. The number of carbonyl (C=O) groups is 1. The molecule has 4 aromatic rings. The zero-order valence-electron chi connectivity index (χ0n) is 20.4. The van der Waals surface area contributed by atoms with E-state index in [0.717, 1.165) is 24.5 Å². The van der Waals surface area contributed by atoms with Gasteiger partial charge in [-0.3, -0.25) is 13.7 Å². The summed E-state index contributed by atoms with van der Waals surface area (Å²) < 4.78 is 36.8. The summed E-state index contributed by atoms with van der Waals surface area (Å²) in [5.74, 6) is -0.0791. The summed E-state index contributed by atoms with van der Waals surface area (Å²) in [4.78, 5) is 12.7. The number of carbonyl (C=O) groups excluding carboxylic acids is 1. The number of nitrogens with zero attached hydrogens (tertiary/aromatic N) is 4. The van der Waals surface area contributed by atoms with Gasteiger partial charge in [0.25, 0.3) is 10.0 Å². The van der Waals surface area contributed by atoms with E-state index >= 15 is 0 Å². The summed E-state index contributed by atoms with van der Waals surface area (Å²) in [6.45, 7) is 6.45. The smallest absolute Gasteiger partial charge is 0.327 e. The van der Waals surface area contributed by atoms with Crippen molar-refractivity contribution >= 4 is 78.4 Å². The molecule has 8 nitrogen and oxygen atoms in total. The fourth-order valence-corrected chi connectivity index (χ4v) is 6.49. The van der Waals surface area contributed by atoms with E-state index in [4.69, 9.17) is 27.9 Å². The highest BCUT2D eigenvalue weighted by Gasteiger charge is 2.30. The van der Waals surface area contributed by atoms with Crippen molar-refractivity contribution in [2.24, 2.45) is 0 Å². The average molecular weight is 673 g/mol. The van der Waals surface area contributed by atoms with Crippen LogP contribution in [0.25, 0.3) is 16.7 Å². The molecule has 0 aliphatic heterocycles. The molecule has 0 aliphatic rings. The molecular formula is C25H23Cl2IN4O4S. The maximum Gasteiger partial charge on any atom is 0.327 e. The Balaban J connectivity index is 1.84. The second kappa shape index (κ2) is 10.4. The molecule has 12 heteroatoms. The lowest BCUT2D eigenvalue weighted by Crippen LogP contribution is -2.39. The van der Waals surface area contributed by atoms with Crippen molar-refractivity contribution in [1.29, 1.82) is 0 Å². The monoisotopic (exact) mass is 672 g/mol. The molecule has 0 spiro atoms. The van der Waals surface area contributed by atoms with Crippen molar-refractivity contribution in [3.05, 3.63) is 74.0 Å². The first kappa shape index (κ1) is 27.6. The number of aromatic nitrogens is 3. The van der Waals surface area contributed by atoms with Crippen LogP contribution >= 0.6 is 45.8 Å². The van der Waals surface area contributed by atoms with Crippen LogP contribution in [-0.2, 0) is 19.6 Å². The third-order valence-corrected chi connectivity index (χ3v) is 8.22. The van der Waals surface area contributed by atoms with Crippen LogP contribution in [0.2, 0.25) is 10.0 Å². The molecule has 0 bridgehead atoms. The molecule has 0 aliphatic carbocycles. The van der Waals surface area contributed by atoms with Crippen LogP contribution in [0.3, 0.4) is 0 Å². The summed E-state index contributed by atoms with van der Waals surface area (Å²) in [7, 11) is -4.25. The fourth-order valence-electron chi connectivity index (χ4n) is 3.65. The van der Waals surface area contributed by atoms with Crippen molar-refractivity contribution in [1.82, 2.24) is 14.8 Å². The van der Waals surface area contributed by atoms with E-state index in [-0.39, 0.29) is 20.6 Å². The topological polar surface area (TPSA) is 94.4 Å². The van der Waals surface area contributed by atoms with Gasteiger partial charge in [0.05, 0.1) is 21.8 Å². The molecule has 0 radical (unpaired) electrons. The Morgan fingerprint density at radius 2 is 1.73 bits per heavy atom. The number of anilines is 1. The third kappa shape index (κ3) is 6.19. The zero-order valence-corrected chi connectivity index (χ0v) is 24.9.